The highest BCUT2D eigenvalue weighted by Gasteiger charge is 2.19. The van der Waals surface area contributed by atoms with Gasteiger partial charge >= 0.3 is 0 Å². The van der Waals surface area contributed by atoms with E-state index < -0.39 is 0 Å². The minimum Gasteiger partial charge on any atom is -0.232 e. The molecule has 0 bridgehead atoms. The molecule has 1 fully saturated rings. The highest BCUT2D eigenvalue weighted by atomic mass is 32.1. The summed E-state index contributed by atoms with van der Waals surface area (Å²) >= 11 is 3.66. The van der Waals surface area contributed by atoms with Crippen molar-refractivity contribution in [3.8, 4) is 10.7 Å². The number of rotatable bonds is 2. The van der Waals surface area contributed by atoms with Crippen molar-refractivity contribution in [2.24, 2.45) is 0 Å². The molecule has 4 aromatic rings. The van der Waals surface area contributed by atoms with E-state index >= 15 is 0 Å². The van der Waals surface area contributed by atoms with Crippen LogP contribution in [0.3, 0.4) is 0 Å². The molecule has 4 heterocycles. The Balaban J connectivity index is 1.51. The first kappa shape index (κ1) is 16.4. The predicted octanol–water partition coefficient (Wildman–Crippen LogP) is 6.12. The van der Waals surface area contributed by atoms with E-state index in [9.17, 15) is 0 Å². The molecule has 0 unspecified atom stereocenters. The number of hydrogen-bond acceptors (Lipinski definition) is 5. The molecule has 0 amide bonds. The monoisotopic (exact) mass is 382 g/mol. The van der Waals surface area contributed by atoms with Crippen molar-refractivity contribution in [2.45, 2.75) is 58.3 Å². The Kier molecular flexibility index (Phi) is 4.05. The number of hydrogen-bond donors (Lipinski definition) is 0. The van der Waals surface area contributed by atoms with Crippen LogP contribution in [-0.4, -0.2) is 19.6 Å². The lowest BCUT2D eigenvalue weighted by atomic mass is 9.99. The minimum absolute atomic E-state index is 0.748. The highest BCUT2D eigenvalue weighted by molar-refractivity contribution is 7.28. The summed E-state index contributed by atoms with van der Waals surface area (Å²) < 4.78 is 3.19. The number of aryl methyl sites for hydroxylation is 2. The maximum Gasteiger partial charge on any atom is 0.156 e. The summed E-state index contributed by atoms with van der Waals surface area (Å²) in [6.45, 7) is 4.09. The largest absolute Gasteiger partial charge is 0.232 e. The fraction of sp³-hybridized carbons (Fsp3) is 0.450. The van der Waals surface area contributed by atoms with E-state index in [1.165, 1.54) is 52.9 Å². The van der Waals surface area contributed by atoms with Crippen LogP contribution in [-0.2, 0) is 0 Å². The predicted molar refractivity (Wildman–Crippen MR) is 109 cm³/mol. The zero-order chi connectivity index (χ0) is 17.7. The molecule has 1 saturated carbocycles. The van der Waals surface area contributed by atoms with Crippen LogP contribution in [0.15, 0.2) is 18.3 Å². The third-order valence-corrected chi connectivity index (χ3v) is 7.66. The molecule has 0 N–H and O–H groups in total. The Hall–Kier alpha value is -1.79. The second-order valence-electron chi connectivity index (χ2n) is 7.39. The molecule has 5 rings (SSSR count). The van der Waals surface area contributed by atoms with Crippen molar-refractivity contribution in [1.82, 2.24) is 19.6 Å². The summed E-state index contributed by atoms with van der Waals surface area (Å²) in [4.78, 5) is 12.2. The van der Waals surface area contributed by atoms with Gasteiger partial charge in [-0.1, -0.05) is 25.7 Å². The molecule has 0 aromatic carbocycles. The topological polar surface area (TPSA) is 43.1 Å². The van der Waals surface area contributed by atoms with E-state index in [-0.39, 0.29) is 0 Å². The smallest absolute Gasteiger partial charge is 0.156 e. The maximum atomic E-state index is 4.92. The molecular weight excluding hydrogens is 360 g/mol. The Morgan fingerprint density at radius 2 is 1.81 bits per heavy atom. The van der Waals surface area contributed by atoms with Crippen LogP contribution >= 0.6 is 22.7 Å². The number of thiazole rings is 1. The molecule has 0 radical (unpaired) electrons. The summed E-state index contributed by atoms with van der Waals surface area (Å²) in [5.41, 5.74) is 4.00. The van der Waals surface area contributed by atoms with Crippen molar-refractivity contribution in [3.05, 3.63) is 34.5 Å². The van der Waals surface area contributed by atoms with E-state index in [1.54, 1.807) is 11.3 Å². The number of aromatic nitrogens is 4. The second kappa shape index (κ2) is 6.43. The van der Waals surface area contributed by atoms with Gasteiger partial charge in [0, 0.05) is 4.88 Å². The summed E-state index contributed by atoms with van der Waals surface area (Å²) in [5, 5.41) is 5.74. The quantitative estimate of drug-likeness (QED) is 0.392. The molecule has 134 valence electrons. The Bertz CT molecular complexity index is 1050. The molecule has 4 nitrogen and oxygen atoms in total. The van der Waals surface area contributed by atoms with Crippen LogP contribution in [0.4, 0.5) is 0 Å². The van der Waals surface area contributed by atoms with Gasteiger partial charge in [-0.2, -0.15) is 5.10 Å². The zero-order valence-corrected chi connectivity index (χ0v) is 16.8. The van der Waals surface area contributed by atoms with Crippen molar-refractivity contribution in [2.75, 3.05) is 0 Å². The Labute approximate surface area is 160 Å². The molecule has 0 atom stereocenters. The normalized spacial score (nSPS) is 16.5. The van der Waals surface area contributed by atoms with Gasteiger partial charge in [0.2, 0.25) is 0 Å². The SMILES string of the molecule is Cc1cn2nc(-c3nc4sc(C5CCCCCC5)cc4s3)cc(C)c2n1. The molecule has 26 heavy (non-hydrogen) atoms. The van der Waals surface area contributed by atoms with Gasteiger partial charge in [0.05, 0.1) is 16.6 Å². The van der Waals surface area contributed by atoms with Crippen LogP contribution in [0.2, 0.25) is 0 Å². The van der Waals surface area contributed by atoms with Gasteiger partial charge in [0.15, 0.2) is 5.65 Å². The van der Waals surface area contributed by atoms with Crippen LogP contribution in [0.25, 0.3) is 25.9 Å². The van der Waals surface area contributed by atoms with Crippen molar-refractivity contribution >= 4 is 37.9 Å². The third-order valence-electron chi connectivity index (χ3n) is 5.31. The Morgan fingerprint density at radius 1 is 1.00 bits per heavy atom. The summed E-state index contributed by atoms with van der Waals surface area (Å²) in [5.74, 6) is 0.748. The number of imidazole rings is 1. The van der Waals surface area contributed by atoms with E-state index in [2.05, 4.69) is 24.0 Å². The average Bonchev–Trinajstić information content (AvgIpc) is 3.21. The van der Waals surface area contributed by atoms with Gasteiger partial charge in [-0.25, -0.2) is 14.5 Å². The Morgan fingerprint density at radius 3 is 2.58 bits per heavy atom. The number of fused-ring (bicyclic) bond motifs is 2. The van der Waals surface area contributed by atoms with Crippen LogP contribution in [0.5, 0.6) is 0 Å². The van der Waals surface area contributed by atoms with Gasteiger partial charge in [-0.3, -0.25) is 0 Å². The van der Waals surface area contributed by atoms with E-state index in [0.29, 0.717) is 0 Å². The third kappa shape index (κ3) is 2.85. The molecule has 0 aliphatic heterocycles. The summed E-state index contributed by atoms with van der Waals surface area (Å²) in [7, 11) is 0. The zero-order valence-electron chi connectivity index (χ0n) is 15.2. The fourth-order valence-corrected chi connectivity index (χ4v) is 6.33. The lowest BCUT2D eigenvalue weighted by Crippen LogP contribution is -1.96. The van der Waals surface area contributed by atoms with Gasteiger partial charge in [-0.05, 0) is 50.3 Å². The van der Waals surface area contributed by atoms with Crippen LogP contribution in [0.1, 0.15) is 60.6 Å². The molecule has 4 aromatic heterocycles. The summed E-state index contributed by atoms with van der Waals surface area (Å²) in [6, 6.07) is 4.50. The first-order valence-electron chi connectivity index (χ1n) is 9.41. The molecule has 0 spiro atoms. The van der Waals surface area contributed by atoms with E-state index in [4.69, 9.17) is 10.1 Å². The average molecular weight is 383 g/mol. The molecule has 0 saturated heterocycles. The van der Waals surface area contributed by atoms with Crippen molar-refractivity contribution in [1.29, 1.82) is 0 Å². The van der Waals surface area contributed by atoms with Gasteiger partial charge in [0.1, 0.15) is 15.5 Å². The molecular formula is C20H22N4S2. The van der Waals surface area contributed by atoms with E-state index in [0.717, 1.165) is 33.5 Å². The molecule has 6 heteroatoms. The minimum atomic E-state index is 0.748. The van der Waals surface area contributed by atoms with Crippen molar-refractivity contribution in [3.63, 3.8) is 0 Å². The standard InChI is InChI=1S/C20H22N4S2/c1-12-9-15(23-24-11-13(2)21-18(12)24)19-22-20-17(26-19)10-16(25-20)14-7-5-3-4-6-8-14/h9-11,14H,3-8H2,1-2H3. The lowest BCUT2D eigenvalue weighted by Gasteiger charge is -2.10. The lowest BCUT2D eigenvalue weighted by molar-refractivity contribution is 0.602. The van der Waals surface area contributed by atoms with Gasteiger partial charge < -0.3 is 0 Å². The fourth-order valence-electron chi connectivity index (χ4n) is 3.98. The molecule has 1 aliphatic carbocycles. The second-order valence-corrected chi connectivity index (χ2v) is 9.48. The number of thiophene rings is 1. The first-order valence-corrected chi connectivity index (χ1v) is 11.0. The number of nitrogens with zero attached hydrogens (tertiary/aromatic N) is 4. The summed E-state index contributed by atoms with van der Waals surface area (Å²) in [6.07, 6.45) is 10.2. The van der Waals surface area contributed by atoms with Crippen LogP contribution in [0, 0.1) is 13.8 Å². The first-order chi connectivity index (χ1) is 12.7. The molecule has 1 aliphatic rings. The van der Waals surface area contributed by atoms with Crippen LogP contribution < -0.4 is 0 Å². The van der Waals surface area contributed by atoms with Gasteiger partial charge in [-0.15, -0.1) is 22.7 Å². The highest BCUT2D eigenvalue weighted by Crippen LogP contribution is 2.41. The van der Waals surface area contributed by atoms with E-state index in [1.807, 2.05) is 29.0 Å². The van der Waals surface area contributed by atoms with Gasteiger partial charge in [0.25, 0.3) is 0 Å². The van der Waals surface area contributed by atoms with Crippen molar-refractivity contribution < 1.29 is 0 Å². The maximum absolute atomic E-state index is 4.92.